The lowest BCUT2D eigenvalue weighted by Gasteiger charge is -2.62. The Morgan fingerprint density at radius 2 is 0.578 bits per heavy atom. The van der Waals surface area contributed by atoms with Gasteiger partial charge in [-0.3, -0.25) is 0 Å². The van der Waals surface area contributed by atoms with Crippen LogP contribution in [0.15, 0.2) is 288 Å². The van der Waals surface area contributed by atoms with Gasteiger partial charge in [0.25, 0.3) is 0 Å². The Kier molecular flexibility index (Phi) is 11.0. The van der Waals surface area contributed by atoms with Crippen LogP contribution in [0.1, 0.15) is 63.8 Å². The highest BCUT2D eigenvalue weighted by Crippen LogP contribution is 2.75. The average Bonchev–Trinajstić information content (AvgIpc) is 1.45. The Labute approximate surface area is 523 Å². The van der Waals surface area contributed by atoms with Crippen molar-refractivity contribution < 1.29 is 8.83 Å². The first-order chi connectivity index (χ1) is 43.9. The van der Waals surface area contributed by atoms with Crippen LogP contribution in [-0.2, 0) is 10.8 Å². The molecule has 0 amide bonds. The lowest BCUT2D eigenvalue weighted by atomic mass is 9.39. The summed E-state index contributed by atoms with van der Waals surface area (Å²) >= 11 is 0. The molecule has 90 heavy (non-hydrogen) atoms. The predicted octanol–water partition coefficient (Wildman–Crippen LogP) is 24.4. The van der Waals surface area contributed by atoms with Crippen molar-refractivity contribution in [3.63, 3.8) is 0 Å². The Hall–Kier alpha value is -10.7. The Morgan fingerprint density at radius 1 is 0.256 bits per heavy atom. The van der Waals surface area contributed by atoms with E-state index >= 15 is 0 Å². The molecule has 16 aromatic rings. The van der Waals surface area contributed by atoms with Gasteiger partial charge in [-0.25, -0.2) is 0 Å². The lowest BCUT2D eigenvalue weighted by molar-refractivity contribution is 0.0594. The Bertz CT molecular complexity index is 5340. The first kappa shape index (κ1) is 52.4. The maximum absolute atomic E-state index is 7.05. The lowest BCUT2D eigenvalue weighted by Crippen LogP contribution is -2.62. The molecule has 2 aliphatic rings. The van der Waals surface area contributed by atoms with Crippen LogP contribution in [0.3, 0.4) is 0 Å². The van der Waals surface area contributed by atoms with Crippen molar-refractivity contribution in [1.29, 1.82) is 0 Å². The van der Waals surface area contributed by atoms with Crippen molar-refractivity contribution in [3.8, 4) is 22.3 Å². The van der Waals surface area contributed by atoms with Crippen molar-refractivity contribution in [2.75, 3.05) is 9.80 Å². The number of rotatable bonds is 7. The molecule has 430 valence electrons. The van der Waals surface area contributed by atoms with Crippen LogP contribution in [0, 0.1) is 10.8 Å². The Balaban J connectivity index is 0.936. The maximum atomic E-state index is 7.05. The molecular formula is C86H64N2O2. The van der Waals surface area contributed by atoms with Crippen molar-refractivity contribution >= 4 is 121 Å². The molecule has 4 nitrogen and oxygen atoms in total. The summed E-state index contributed by atoms with van der Waals surface area (Å²) in [5.41, 5.74) is 17.6. The van der Waals surface area contributed by atoms with E-state index < -0.39 is 21.7 Å². The van der Waals surface area contributed by atoms with Gasteiger partial charge in [0, 0.05) is 55.1 Å². The van der Waals surface area contributed by atoms with Gasteiger partial charge >= 0.3 is 0 Å². The third-order valence-electron chi connectivity index (χ3n) is 20.6. The van der Waals surface area contributed by atoms with Gasteiger partial charge in [0.2, 0.25) is 0 Å². The minimum atomic E-state index is -0.720. The van der Waals surface area contributed by atoms with Crippen LogP contribution >= 0.6 is 0 Å². The van der Waals surface area contributed by atoms with Gasteiger partial charge in [-0.15, -0.1) is 0 Å². The minimum absolute atomic E-state index is 0.435. The molecule has 2 unspecified atom stereocenters. The minimum Gasteiger partial charge on any atom is -0.454 e. The second-order valence-corrected chi connectivity index (χ2v) is 27.1. The molecule has 0 N–H and O–H groups in total. The molecule has 0 radical (unpaired) electrons. The molecule has 18 rings (SSSR count). The fourth-order valence-electron chi connectivity index (χ4n) is 17.3. The quantitative estimate of drug-likeness (QED) is 0.149. The number of anilines is 6. The van der Waals surface area contributed by atoms with Crippen LogP contribution in [0.25, 0.3) is 109 Å². The third kappa shape index (κ3) is 7.07. The van der Waals surface area contributed by atoms with E-state index in [0.29, 0.717) is 0 Å². The van der Waals surface area contributed by atoms with Gasteiger partial charge in [0.05, 0.1) is 11.4 Å². The first-order valence-corrected chi connectivity index (χ1v) is 31.6. The molecule has 0 spiro atoms. The van der Waals surface area contributed by atoms with Gasteiger partial charge in [-0.05, 0) is 171 Å². The fourth-order valence-corrected chi connectivity index (χ4v) is 17.3. The zero-order valence-corrected chi connectivity index (χ0v) is 51.3. The SMILES string of the molecule is CC(C)(C)C1(C2(C(C)(C)C)c3ccccc3-c3ccc(N(c4ccc5ccc6ccccc6c5c4)c4cccc5c4oc4ccccc45)cc32)c2ccccc2-c2ccc(N(c3ccc4ccc5ccccc5c4c3)c3cccc4c3oc3ccccc34)cc21. The van der Waals surface area contributed by atoms with E-state index in [4.69, 9.17) is 8.83 Å². The van der Waals surface area contributed by atoms with E-state index in [9.17, 15) is 0 Å². The molecule has 2 aromatic heterocycles. The number of nitrogens with zero attached hydrogens (tertiary/aromatic N) is 2. The summed E-state index contributed by atoms with van der Waals surface area (Å²) in [6.45, 7) is 15.1. The third-order valence-corrected chi connectivity index (χ3v) is 20.6. The molecule has 2 heterocycles. The van der Waals surface area contributed by atoms with Crippen LogP contribution in [-0.4, -0.2) is 0 Å². The highest BCUT2D eigenvalue weighted by Gasteiger charge is 2.70. The summed E-state index contributed by atoms with van der Waals surface area (Å²) in [6, 6.07) is 104. The van der Waals surface area contributed by atoms with Gasteiger partial charge in [-0.2, -0.15) is 0 Å². The van der Waals surface area contributed by atoms with Crippen molar-refractivity contribution in [3.05, 3.63) is 301 Å². The van der Waals surface area contributed by atoms with E-state index in [-0.39, 0.29) is 0 Å². The summed E-state index contributed by atoms with van der Waals surface area (Å²) in [4.78, 5) is 4.95. The van der Waals surface area contributed by atoms with E-state index in [1.165, 1.54) is 87.6 Å². The maximum Gasteiger partial charge on any atom is 0.159 e. The molecule has 4 heteroatoms. The molecule has 0 saturated heterocycles. The van der Waals surface area contributed by atoms with Crippen LogP contribution in [0.4, 0.5) is 34.1 Å². The predicted molar refractivity (Wildman–Crippen MR) is 378 cm³/mol. The number of benzene rings is 14. The first-order valence-electron chi connectivity index (χ1n) is 31.6. The summed E-state index contributed by atoms with van der Waals surface area (Å²) in [5.74, 6) is 0. The molecule has 14 aromatic carbocycles. The number of hydrogen-bond donors (Lipinski definition) is 0. The monoisotopic (exact) mass is 1160 g/mol. The van der Waals surface area contributed by atoms with E-state index in [1.807, 2.05) is 0 Å². The summed E-state index contributed by atoms with van der Waals surface area (Å²) < 4.78 is 14.1. The summed E-state index contributed by atoms with van der Waals surface area (Å²) in [5, 5.41) is 14.0. The highest BCUT2D eigenvalue weighted by molar-refractivity contribution is 6.15. The zero-order valence-electron chi connectivity index (χ0n) is 51.3. The van der Waals surface area contributed by atoms with Gasteiger partial charge in [-0.1, -0.05) is 248 Å². The molecule has 0 fully saturated rings. The smallest absolute Gasteiger partial charge is 0.159 e. The van der Waals surface area contributed by atoms with E-state index in [0.717, 1.165) is 78.0 Å². The standard InChI is InChI=1S/C86H64N2O2/c1-83(2,3)85(73-31-15-11-25-63(73)65-47-45-59(51-75(65)85)87(77-33-19-29-69-67-27-13-17-35-79(67)89-81(69)77)57-43-41-55-39-37-53-21-7-9-23-61(53)71(55)49-57)86(84(4,5)6)74-32-16-12-26-64(74)66-48-46-60(52-76(66)86)88(78-34-20-30-70-68-28-14-18-36-80(68)90-82(70)78)58-44-42-56-40-38-54-22-8-10-24-62(54)72(56)50-58/h7-52H,1-6H3. The number of fused-ring (bicyclic) bond motifs is 18. The number of para-hydroxylation sites is 4. The van der Waals surface area contributed by atoms with Crippen molar-refractivity contribution in [1.82, 2.24) is 0 Å². The summed E-state index contributed by atoms with van der Waals surface area (Å²) in [6.07, 6.45) is 0. The van der Waals surface area contributed by atoms with Crippen LogP contribution < -0.4 is 9.80 Å². The van der Waals surface area contributed by atoms with Crippen LogP contribution in [0.5, 0.6) is 0 Å². The molecule has 2 aliphatic carbocycles. The fraction of sp³-hybridized carbons (Fsp3) is 0.116. The normalized spacial score (nSPS) is 16.2. The second kappa shape index (κ2) is 18.9. The number of hydrogen-bond acceptors (Lipinski definition) is 4. The second-order valence-electron chi connectivity index (χ2n) is 27.1. The molecular weight excluding hydrogens is 1090 g/mol. The zero-order chi connectivity index (χ0) is 60.4. The topological polar surface area (TPSA) is 32.8 Å². The largest absolute Gasteiger partial charge is 0.454 e. The van der Waals surface area contributed by atoms with Crippen LogP contribution in [0.2, 0.25) is 0 Å². The highest BCUT2D eigenvalue weighted by atomic mass is 16.3. The van der Waals surface area contributed by atoms with Crippen molar-refractivity contribution in [2.24, 2.45) is 10.8 Å². The molecule has 0 bridgehead atoms. The molecule has 2 atom stereocenters. The van der Waals surface area contributed by atoms with E-state index in [2.05, 4.69) is 330 Å². The van der Waals surface area contributed by atoms with E-state index in [1.54, 1.807) is 0 Å². The average molecular weight is 1160 g/mol. The van der Waals surface area contributed by atoms with Crippen molar-refractivity contribution in [2.45, 2.75) is 52.4 Å². The Morgan fingerprint density at radius 3 is 1.01 bits per heavy atom. The molecule has 0 saturated carbocycles. The summed E-state index contributed by atoms with van der Waals surface area (Å²) in [7, 11) is 0. The van der Waals surface area contributed by atoms with Gasteiger partial charge in [0.15, 0.2) is 11.2 Å². The van der Waals surface area contributed by atoms with Gasteiger partial charge in [0.1, 0.15) is 11.2 Å². The molecule has 0 aliphatic heterocycles. The number of furan rings is 2. The van der Waals surface area contributed by atoms with Gasteiger partial charge < -0.3 is 18.6 Å².